The fourth-order valence-electron chi connectivity index (χ4n) is 7.07. The number of piperidine rings is 1. The standard InChI is InChI=1S/C21H28N2O2/c1-3-20-9-6-11-23-12-10-21(19(20)23)15-7-4-5-8-16(15)22-17(21)14(13-20)18(24)25-2/h4-5,7-8,14,17,19,22H,3,6,9-13H2,1-2H3/t14?,17-,19-,20-,21-/m1/s1. The lowest BCUT2D eigenvalue weighted by atomic mass is 9.49. The van der Waals surface area contributed by atoms with Gasteiger partial charge in [0.2, 0.25) is 0 Å². The summed E-state index contributed by atoms with van der Waals surface area (Å²) in [6.07, 6.45) is 5.77. The van der Waals surface area contributed by atoms with Gasteiger partial charge < -0.3 is 10.1 Å². The number of para-hydroxylation sites is 1. The third-order valence-electron chi connectivity index (χ3n) is 7.90. The molecule has 25 heavy (non-hydrogen) atoms. The van der Waals surface area contributed by atoms with Crippen molar-refractivity contribution in [1.82, 2.24) is 4.90 Å². The summed E-state index contributed by atoms with van der Waals surface area (Å²) in [7, 11) is 1.55. The fourth-order valence-corrected chi connectivity index (χ4v) is 7.07. The van der Waals surface area contributed by atoms with Gasteiger partial charge in [-0.05, 0) is 62.2 Å². The van der Waals surface area contributed by atoms with Crippen molar-refractivity contribution >= 4 is 11.7 Å². The maximum Gasteiger partial charge on any atom is 0.310 e. The van der Waals surface area contributed by atoms with Gasteiger partial charge in [-0.1, -0.05) is 25.1 Å². The first-order valence-electron chi connectivity index (χ1n) is 9.84. The molecular weight excluding hydrogens is 312 g/mol. The van der Waals surface area contributed by atoms with Crippen molar-refractivity contribution in [2.45, 2.75) is 56.5 Å². The molecule has 1 aromatic rings. The van der Waals surface area contributed by atoms with Crippen LogP contribution < -0.4 is 5.32 Å². The number of hydrogen-bond acceptors (Lipinski definition) is 4. The van der Waals surface area contributed by atoms with E-state index in [0.29, 0.717) is 6.04 Å². The largest absolute Gasteiger partial charge is 0.469 e. The Morgan fingerprint density at radius 1 is 1.32 bits per heavy atom. The molecule has 1 spiro atoms. The lowest BCUT2D eigenvalue weighted by molar-refractivity contribution is -0.153. The predicted octanol–water partition coefficient (Wildman–Crippen LogP) is 3.18. The lowest BCUT2D eigenvalue weighted by Gasteiger charge is -2.59. The summed E-state index contributed by atoms with van der Waals surface area (Å²) in [5.74, 6) is -0.0772. The molecule has 0 bridgehead atoms. The zero-order valence-corrected chi connectivity index (χ0v) is 15.3. The summed E-state index contributed by atoms with van der Waals surface area (Å²) in [6, 6.07) is 9.49. The summed E-state index contributed by atoms with van der Waals surface area (Å²) >= 11 is 0. The van der Waals surface area contributed by atoms with E-state index < -0.39 is 0 Å². The average Bonchev–Trinajstić information content (AvgIpc) is 3.21. The van der Waals surface area contributed by atoms with Crippen LogP contribution in [0.4, 0.5) is 5.69 Å². The molecule has 4 heteroatoms. The number of methoxy groups -OCH3 is 1. The van der Waals surface area contributed by atoms with E-state index in [2.05, 4.69) is 41.4 Å². The van der Waals surface area contributed by atoms with E-state index in [1.165, 1.54) is 30.6 Å². The molecule has 3 aliphatic heterocycles. The van der Waals surface area contributed by atoms with Crippen LogP contribution in [0, 0.1) is 11.3 Å². The number of anilines is 1. The Morgan fingerprint density at radius 3 is 2.96 bits per heavy atom. The van der Waals surface area contributed by atoms with Gasteiger partial charge in [0.15, 0.2) is 0 Å². The molecule has 134 valence electrons. The van der Waals surface area contributed by atoms with Gasteiger partial charge in [0, 0.05) is 17.1 Å². The maximum absolute atomic E-state index is 12.8. The highest BCUT2D eigenvalue weighted by Crippen LogP contribution is 2.65. The SMILES string of the molecule is CC[C@@]12CCCN3CC[C@]4(c5ccccc5N[C@@H]4C(C(=O)OC)C1)[C@H]32. The Balaban J connectivity index is 1.73. The van der Waals surface area contributed by atoms with Gasteiger partial charge >= 0.3 is 5.97 Å². The van der Waals surface area contributed by atoms with Gasteiger partial charge in [0.05, 0.1) is 19.1 Å². The molecule has 4 nitrogen and oxygen atoms in total. The molecule has 1 saturated carbocycles. The number of carbonyl (C=O) groups excluding carboxylic acids is 1. The van der Waals surface area contributed by atoms with Crippen LogP contribution >= 0.6 is 0 Å². The Bertz CT molecular complexity index is 720. The molecular formula is C21H28N2O2. The molecule has 1 aromatic carbocycles. The Morgan fingerprint density at radius 2 is 2.16 bits per heavy atom. The molecule has 1 aliphatic carbocycles. The second-order valence-electron chi connectivity index (χ2n) is 8.55. The van der Waals surface area contributed by atoms with Gasteiger partial charge in [-0.25, -0.2) is 0 Å². The molecule has 1 N–H and O–H groups in total. The molecule has 0 aromatic heterocycles. The number of rotatable bonds is 2. The van der Waals surface area contributed by atoms with Crippen molar-refractivity contribution < 1.29 is 9.53 Å². The Hall–Kier alpha value is -1.55. The van der Waals surface area contributed by atoms with Crippen LogP contribution in [0.1, 0.15) is 44.6 Å². The Kier molecular flexibility index (Phi) is 3.28. The number of esters is 1. The number of nitrogens with zero attached hydrogens (tertiary/aromatic N) is 1. The van der Waals surface area contributed by atoms with Crippen molar-refractivity contribution in [2.24, 2.45) is 11.3 Å². The number of hydrogen-bond donors (Lipinski definition) is 1. The molecule has 1 unspecified atom stereocenters. The van der Waals surface area contributed by atoms with E-state index in [4.69, 9.17) is 4.74 Å². The van der Waals surface area contributed by atoms with Crippen molar-refractivity contribution in [1.29, 1.82) is 0 Å². The number of benzene rings is 1. The van der Waals surface area contributed by atoms with Crippen LogP contribution in [0.15, 0.2) is 24.3 Å². The molecule has 3 heterocycles. The Labute approximate surface area is 149 Å². The van der Waals surface area contributed by atoms with Crippen LogP contribution in [-0.4, -0.2) is 43.2 Å². The zero-order chi connectivity index (χ0) is 17.2. The van der Waals surface area contributed by atoms with Crippen molar-refractivity contribution in [2.75, 3.05) is 25.5 Å². The first-order valence-corrected chi connectivity index (χ1v) is 9.84. The molecule has 0 radical (unpaired) electrons. The van der Waals surface area contributed by atoms with Crippen LogP contribution in [0.5, 0.6) is 0 Å². The topological polar surface area (TPSA) is 41.6 Å². The summed E-state index contributed by atoms with van der Waals surface area (Å²) in [5, 5.41) is 3.77. The normalized spacial score (nSPS) is 41.4. The van der Waals surface area contributed by atoms with E-state index in [-0.39, 0.29) is 28.8 Å². The molecule has 2 saturated heterocycles. The quantitative estimate of drug-likeness (QED) is 0.840. The van der Waals surface area contributed by atoms with E-state index in [9.17, 15) is 4.79 Å². The number of fused-ring (bicyclic) bond motifs is 1. The van der Waals surface area contributed by atoms with Crippen LogP contribution in [0.3, 0.4) is 0 Å². The van der Waals surface area contributed by atoms with Gasteiger partial charge in [-0.2, -0.15) is 0 Å². The zero-order valence-electron chi connectivity index (χ0n) is 15.3. The van der Waals surface area contributed by atoms with E-state index in [1.54, 1.807) is 7.11 Å². The van der Waals surface area contributed by atoms with Gasteiger partial charge in [0.1, 0.15) is 0 Å². The van der Waals surface area contributed by atoms with E-state index >= 15 is 0 Å². The first-order chi connectivity index (χ1) is 12.2. The second kappa shape index (κ2) is 5.23. The highest BCUT2D eigenvalue weighted by Gasteiger charge is 2.69. The summed E-state index contributed by atoms with van der Waals surface area (Å²) in [5.41, 5.74) is 2.98. The lowest BCUT2D eigenvalue weighted by Crippen LogP contribution is -2.67. The van der Waals surface area contributed by atoms with Crippen molar-refractivity contribution in [3.05, 3.63) is 29.8 Å². The fraction of sp³-hybridized carbons (Fsp3) is 0.667. The van der Waals surface area contributed by atoms with Crippen LogP contribution in [0.2, 0.25) is 0 Å². The predicted molar refractivity (Wildman–Crippen MR) is 97.6 cm³/mol. The number of ether oxygens (including phenoxy) is 1. The van der Waals surface area contributed by atoms with Gasteiger partial charge in [-0.3, -0.25) is 9.69 Å². The summed E-state index contributed by atoms with van der Waals surface area (Å²) < 4.78 is 5.28. The average molecular weight is 340 g/mol. The van der Waals surface area contributed by atoms with Gasteiger partial charge in [0.25, 0.3) is 0 Å². The first kappa shape index (κ1) is 15.7. The summed E-state index contributed by atoms with van der Waals surface area (Å²) in [6.45, 7) is 4.71. The monoisotopic (exact) mass is 340 g/mol. The molecule has 5 atom stereocenters. The minimum atomic E-state index is -0.0494. The number of carbonyl (C=O) groups is 1. The van der Waals surface area contributed by atoms with Crippen molar-refractivity contribution in [3.8, 4) is 0 Å². The third kappa shape index (κ3) is 1.79. The molecule has 3 fully saturated rings. The third-order valence-corrected chi connectivity index (χ3v) is 7.90. The second-order valence-corrected chi connectivity index (χ2v) is 8.55. The van der Waals surface area contributed by atoms with Crippen LogP contribution in [-0.2, 0) is 14.9 Å². The highest BCUT2D eigenvalue weighted by atomic mass is 16.5. The van der Waals surface area contributed by atoms with E-state index in [1.807, 2.05) is 0 Å². The number of nitrogens with one attached hydrogen (secondary N) is 1. The van der Waals surface area contributed by atoms with Crippen LogP contribution in [0.25, 0.3) is 0 Å². The minimum absolute atomic E-state index is 0.0278. The molecule has 0 amide bonds. The summed E-state index contributed by atoms with van der Waals surface area (Å²) in [4.78, 5) is 15.5. The maximum atomic E-state index is 12.8. The van der Waals surface area contributed by atoms with E-state index in [0.717, 1.165) is 25.8 Å². The van der Waals surface area contributed by atoms with Gasteiger partial charge in [-0.15, -0.1) is 0 Å². The molecule has 4 aliphatic rings. The highest BCUT2D eigenvalue weighted by molar-refractivity contribution is 5.78. The minimum Gasteiger partial charge on any atom is -0.469 e. The van der Waals surface area contributed by atoms with Crippen molar-refractivity contribution in [3.63, 3.8) is 0 Å². The molecule has 5 rings (SSSR count). The smallest absolute Gasteiger partial charge is 0.310 e.